The maximum Gasteiger partial charge on any atom is 0.373 e. The van der Waals surface area contributed by atoms with E-state index in [-0.39, 0.29) is 33.0 Å². The molecule has 3 atom stereocenters. The summed E-state index contributed by atoms with van der Waals surface area (Å²) in [6.07, 6.45) is 3.48. The van der Waals surface area contributed by atoms with E-state index in [9.17, 15) is 28.4 Å². The second-order valence-electron chi connectivity index (χ2n) is 11.1. The van der Waals surface area contributed by atoms with Crippen molar-refractivity contribution in [2.45, 2.75) is 65.6 Å². The van der Waals surface area contributed by atoms with E-state index in [2.05, 4.69) is 26.6 Å². The quantitative estimate of drug-likeness (QED) is 0.153. The Morgan fingerprint density at radius 1 is 1.17 bits per heavy atom. The van der Waals surface area contributed by atoms with E-state index >= 15 is 0 Å². The number of halogens is 2. The molecule has 0 aliphatic carbocycles. The van der Waals surface area contributed by atoms with Crippen LogP contribution in [0.1, 0.15) is 68.1 Å². The molecule has 0 saturated carbocycles. The highest BCUT2D eigenvalue weighted by atomic mass is 35.5. The Labute approximate surface area is 305 Å². The molecular weight excluding hydrogens is 726 g/mol. The van der Waals surface area contributed by atoms with Gasteiger partial charge in [-0.2, -0.15) is 19.5 Å². The van der Waals surface area contributed by atoms with Crippen LogP contribution in [-0.2, 0) is 33.4 Å². The number of fused-ring (bicyclic) bond motifs is 1. The first-order valence-corrected chi connectivity index (χ1v) is 15.7. The monoisotopic (exact) mass is 764 g/mol. The molecule has 1 aliphatic rings. The third-order valence-corrected chi connectivity index (χ3v) is 7.10. The number of rotatable bonds is 7. The molecule has 0 spiro atoms. The standard InChI is InChI=1S/C16H14ClFN4O2.C12H12O6.C5H10O.CO2.H3P/c1-7(2)11-12(8(3)4-5-19-11)22-14-9(15(23)21-16(22)24)6-10(18)13(17)20-14;1-8(13)18-10(11(14)15)7-17-12(16)9-5-3-2-4-6-9;1-5-3-2-4-6-5;2-1-3;/h4-7H,1-3H3,(H,21,23,24);2-6,10H,7H2,1H3,(H,14,15);5H,2-4H2,1H3;;1H3/t;10-;;;/m.0.../s1. The van der Waals surface area contributed by atoms with Gasteiger partial charge in [0, 0.05) is 19.7 Å². The predicted molar refractivity (Wildman–Crippen MR) is 190 cm³/mol. The van der Waals surface area contributed by atoms with Crippen molar-refractivity contribution < 1.29 is 47.7 Å². The maximum absolute atomic E-state index is 13.7. The average Bonchev–Trinajstić information content (AvgIpc) is 3.56. The van der Waals surface area contributed by atoms with Gasteiger partial charge in [-0.05, 0) is 62.4 Å². The van der Waals surface area contributed by atoms with E-state index in [1.54, 1.807) is 30.5 Å². The number of carboxylic acids is 1. The molecule has 1 fully saturated rings. The van der Waals surface area contributed by atoms with Gasteiger partial charge in [-0.1, -0.05) is 43.6 Å². The van der Waals surface area contributed by atoms with Crippen molar-refractivity contribution in [3.8, 4) is 5.69 Å². The Hall–Kier alpha value is -5.14. The number of hydrogen-bond donors (Lipinski definition) is 2. The van der Waals surface area contributed by atoms with E-state index in [0.717, 1.165) is 25.2 Å². The summed E-state index contributed by atoms with van der Waals surface area (Å²) in [5, 5.41) is 8.27. The zero-order valence-corrected chi connectivity index (χ0v) is 31.2. The summed E-state index contributed by atoms with van der Waals surface area (Å²) in [5.41, 5.74) is 0.827. The molecule has 0 radical (unpaired) electrons. The molecule has 5 rings (SSSR count). The second-order valence-corrected chi connectivity index (χ2v) is 11.4. The molecule has 0 bridgehead atoms. The summed E-state index contributed by atoms with van der Waals surface area (Å²) >= 11 is 5.76. The van der Waals surface area contributed by atoms with Gasteiger partial charge >= 0.3 is 29.7 Å². The minimum atomic E-state index is -1.49. The van der Waals surface area contributed by atoms with E-state index < -0.39 is 52.8 Å². The van der Waals surface area contributed by atoms with Gasteiger partial charge in [0.1, 0.15) is 6.61 Å². The first-order valence-electron chi connectivity index (χ1n) is 15.3. The molecular formula is C34H39ClFN4O11P. The first kappa shape index (κ1) is 44.9. The Morgan fingerprint density at radius 3 is 2.31 bits per heavy atom. The maximum atomic E-state index is 13.7. The van der Waals surface area contributed by atoms with E-state index in [1.165, 1.54) is 29.5 Å². The molecule has 2 unspecified atom stereocenters. The number of ether oxygens (including phenoxy) is 3. The fraction of sp³-hybridized carbons (Fsp3) is 0.353. The summed E-state index contributed by atoms with van der Waals surface area (Å²) in [7, 11) is 0. The van der Waals surface area contributed by atoms with Crippen LogP contribution < -0.4 is 11.2 Å². The third-order valence-electron chi connectivity index (χ3n) is 6.83. The van der Waals surface area contributed by atoms with Gasteiger partial charge in [-0.25, -0.2) is 28.3 Å². The fourth-order valence-corrected chi connectivity index (χ4v) is 4.64. The zero-order valence-electron chi connectivity index (χ0n) is 29.0. The highest BCUT2D eigenvalue weighted by Gasteiger charge is 2.23. The number of nitrogens with zero attached hydrogens (tertiary/aromatic N) is 3. The van der Waals surface area contributed by atoms with E-state index in [1.807, 2.05) is 20.8 Å². The number of carboxylic acid groups (broad SMARTS) is 1. The minimum absolute atomic E-state index is 0. The first-order chi connectivity index (χ1) is 24.1. The number of esters is 2. The van der Waals surface area contributed by atoms with Crippen molar-refractivity contribution in [1.82, 2.24) is 19.5 Å². The molecule has 1 saturated heterocycles. The molecule has 52 heavy (non-hydrogen) atoms. The van der Waals surface area contributed by atoms with Crippen LogP contribution in [0, 0.1) is 12.7 Å². The van der Waals surface area contributed by atoms with Crippen LogP contribution in [0.3, 0.4) is 0 Å². The average molecular weight is 765 g/mol. The van der Waals surface area contributed by atoms with E-state index in [0.29, 0.717) is 23.0 Å². The van der Waals surface area contributed by atoms with Crippen LogP contribution in [0.4, 0.5) is 4.39 Å². The summed E-state index contributed by atoms with van der Waals surface area (Å²) < 4.78 is 29.3. The predicted octanol–water partition coefficient (Wildman–Crippen LogP) is 4.21. The van der Waals surface area contributed by atoms with Crippen LogP contribution >= 0.6 is 21.5 Å². The van der Waals surface area contributed by atoms with Gasteiger partial charge in [0.2, 0.25) is 6.10 Å². The number of carbonyl (C=O) groups excluding carboxylic acids is 4. The third kappa shape index (κ3) is 13.2. The lowest BCUT2D eigenvalue weighted by Gasteiger charge is -2.17. The van der Waals surface area contributed by atoms with Gasteiger partial charge < -0.3 is 19.3 Å². The van der Waals surface area contributed by atoms with Crippen LogP contribution in [0.15, 0.2) is 58.3 Å². The molecule has 18 heteroatoms. The number of benzene rings is 1. The summed E-state index contributed by atoms with van der Waals surface area (Å²) in [6.45, 7) is 9.34. The summed E-state index contributed by atoms with van der Waals surface area (Å²) in [6, 6.07) is 10.8. The lowest BCUT2D eigenvalue weighted by molar-refractivity contribution is -0.191. The number of carbonyl (C=O) groups is 3. The molecule has 3 aromatic heterocycles. The van der Waals surface area contributed by atoms with E-state index in [4.69, 9.17) is 35.8 Å². The Bertz CT molecular complexity index is 1980. The molecule has 2 N–H and O–H groups in total. The van der Waals surface area contributed by atoms with Crippen LogP contribution in [0.5, 0.6) is 0 Å². The minimum Gasteiger partial charge on any atom is -0.478 e. The zero-order chi connectivity index (χ0) is 38.2. The highest BCUT2D eigenvalue weighted by molar-refractivity contribution is 6.92. The molecule has 4 heterocycles. The van der Waals surface area contributed by atoms with Crippen LogP contribution in [-0.4, -0.2) is 74.1 Å². The summed E-state index contributed by atoms with van der Waals surface area (Å²) in [4.78, 5) is 84.1. The van der Waals surface area contributed by atoms with Crippen molar-refractivity contribution in [3.05, 3.63) is 97.3 Å². The van der Waals surface area contributed by atoms with Crippen molar-refractivity contribution >= 4 is 56.6 Å². The number of aliphatic carboxylic acids is 1. The Balaban J connectivity index is 0.000000424. The van der Waals surface area contributed by atoms with Gasteiger partial charge in [-0.3, -0.25) is 19.6 Å². The van der Waals surface area contributed by atoms with Gasteiger partial charge in [0.05, 0.1) is 28.4 Å². The smallest absolute Gasteiger partial charge is 0.373 e. The SMILES string of the molecule is CC(=O)O[C@@H](COC(=O)c1ccccc1)C(=O)O.CC1CCCO1.Cc1ccnc(C(C)C)c1-n1c(=O)[nH]c(=O)c2cc(F)c(Cl)nc21.O=C=O.P. The number of aromatic amines is 1. The fourth-order valence-electron chi connectivity index (χ4n) is 4.51. The molecule has 1 aromatic carbocycles. The molecule has 15 nitrogen and oxygen atoms in total. The van der Waals surface area contributed by atoms with Crippen molar-refractivity contribution in [1.29, 1.82) is 0 Å². The van der Waals surface area contributed by atoms with Crippen molar-refractivity contribution in [3.63, 3.8) is 0 Å². The molecule has 280 valence electrons. The lowest BCUT2D eigenvalue weighted by atomic mass is 10.0. The van der Waals surface area contributed by atoms with Gasteiger partial charge in [0.15, 0.2) is 16.6 Å². The number of nitrogens with one attached hydrogen (secondary N) is 1. The normalized spacial score (nSPS) is 13.3. The van der Waals surface area contributed by atoms with Crippen LogP contribution in [0.25, 0.3) is 16.7 Å². The number of aromatic nitrogens is 4. The number of pyridine rings is 2. The number of hydrogen-bond acceptors (Lipinski definition) is 12. The topological polar surface area (TPSA) is 214 Å². The Kier molecular flexibility index (Phi) is 18.9. The molecule has 4 aromatic rings. The second kappa shape index (κ2) is 21.9. The Morgan fingerprint density at radius 2 is 1.81 bits per heavy atom. The lowest BCUT2D eigenvalue weighted by Crippen LogP contribution is -2.32. The van der Waals surface area contributed by atoms with Crippen molar-refractivity contribution in [2.75, 3.05) is 13.2 Å². The van der Waals surface area contributed by atoms with Crippen molar-refractivity contribution in [2.24, 2.45) is 0 Å². The highest BCUT2D eigenvalue weighted by Crippen LogP contribution is 2.25. The van der Waals surface area contributed by atoms with Crippen LogP contribution in [0.2, 0.25) is 5.15 Å². The number of H-pyrrole nitrogens is 1. The molecule has 0 amide bonds. The van der Waals surface area contributed by atoms with Gasteiger partial charge in [-0.15, -0.1) is 0 Å². The summed E-state index contributed by atoms with van der Waals surface area (Å²) in [5.74, 6) is -3.60. The number of aryl methyl sites for hydroxylation is 1. The van der Waals surface area contributed by atoms with Gasteiger partial charge in [0.25, 0.3) is 5.56 Å². The largest absolute Gasteiger partial charge is 0.478 e. The molecule has 1 aliphatic heterocycles.